The number of hydrogen-bond acceptors (Lipinski definition) is 3. The van der Waals surface area contributed by atoms with Crippen LogP contribution in [0.2, 0.25) is 0 Å². The Labute approximate surface area is 101 Å². The Hall–Kier alpha value is -0.120. The lowest BCUT2D eigenvalue weighted by Gasteiger charge is -2.37. The summed E-state index contributed by atoms with van der Waals surface area (Å²) in [6, 6.07) is 0.794. The maximum Gasteiger partial charge on any atom is 0.0117 e. The maximum absolute atomic E-state index is 5.59. The summed E-state index contributed by atoms with van der Waals surface area (Å²) in [5, 5.41) is 0. The largest absolute Gasteiger partial charge is 0.330 e. The van der Waals surface area contributed by atoms with E-state index in [-0.39, 0.29) is 0 Å². The minimum absolute atomic E-state index is 0.735. The molecule has 0 aliphatic carbocycles. The molecule has 0 spiro atoms. The first-order valence-corrected chi connectivity index (χ1v) is 6.80. The average Bonchev–Trinajstić information content (AvgIpc) is 2.29. The fourth-order valence-corrected chi connectivity index (χ4v) is 2.69. The molecule has 0 bridgehead atoms. The highest BCUT2D eigenvalue weighted by molar-refractivity contribution is 4.78. The van der Waals surface area contributed by atoms with E-state index in [1.807, 2.05) is 0 Å². The molecule has 1 fully saturated rings. The fourth-order valence-electron chi connectivity index (χ4n) is 2.69. The van der Waals surface area contributed by atoms with Gasteiger partial charge in [0.05, 0.1) is 0 Å². The van der Waals surface area contributed by atoms with Crippen LogP contribution in [0, 0.1) is 5.92 Å². The van der Waals surface area contributed by atoms with Gasteiger partial charge in [0.15, 0.2) is 0 Å². The summed E-state index contributed by atoms with van der Waals surface area (Å²) in [5.74, 6) is 0.735. The molecule has 96 valence electrons. The smallest absolute Gasteiger partial charge is 0.0117 e. The van der Waals surface area contributed by atoms with Gasteiger partial charge in [-0.3, -0.25) is 0 Å². The van der Waals surface area contributed by atoms with Crippen LogP contribution < -0.4 is 5.73 Å². The van der Waals surface area contributed by atoms with Crippen LogP contribution in [-0.2, 0) is 0 Å². The monoisotopic (exact) mass is 227 g/mol. The van der Waals surface area contributed by atoms with Gasteiger partial charge in [-0.05, 0) is 58.4 Å². The molecular formula is C13H29N3. The minimum atomic E-state index is 0.735. The fraction of sp³-hybridized carbons (Fsp3) is 1.00. The van der Waals surface area contributed by atoms with Gasteiger partial charge in [0.25, 0.3) is 0 Å². The minimum Gasteiger partial charge on any atom is -0.330 e. The van der Waals surface area contributed by atoms with Crippen molar-refractivity contribution in [1.82, 2.24) is 9.80 Å². The Morgan fingerprint density at radius 1 is 1.38 bits per heavy atom. The van der Waals surface area contributed by atoms with Crippen LogP contribution in [0.1, 0.15) is 33.1 Å². The molecule has 1 rings (SSSR count). The molecular weight excluding hydrogens is 198 g/mol. The third kappa shape index (κ3) is 4.40. The number of nitrogens with two attached hydrogens (primary N) is 1. The lowest BCUT2D eigenvalue weighted by molar-refractivity contribution is 0.120. The van der Waals surface area contributed by atoms with E-state index in [4.69, 9.17) is 5.73 Å². The highest BCUT2D eigenvalue weighted by atomic mass is 15.2. The molecule has 3 heteroatoms. The van der Waals surface area contributed by atoms with Crippen LogP contribution in [0.15, 0.2) is 0 Å². The highest BCUT2D eigenvalue weighted by Crippen LogP contribution is 2.16. The zero-order chi connectivity index (χ0) is 12.0. The molecule has 2 N–H and O–H groups in total. The summed E-state index contributed by atoms with van der Waals surface area (Å²) in [6.07, 6.45) is 3.82. The molecule has 16 heavy (non-hydrogen) atoms. The Morgan fingerprint density at radius 3 is 2.50 bits per heavy atom. The quantitative estimate of drug-likeness (QED) is 0.744. The number of piperidine rings is 1. The van der Waals surface area contributed by atoms with Crippen LogP contribution in [0.4, 0.5) is 0 Å². The van der Waals surface area contributed by atoms with Crippen molar-refractivity contribution in [2.75, 3.05) is 39.8 Å². The Kier molecular flexibility index (Phi) is 6.32. The van der Waals surface area contributed by atoms with E-state index >= 15 is 0 Å². The molecule has 1 heterocycles. The Bertz CT molecular complexity index is 176. The zero-order valence-corrected chi connectivity index (χ0v) is 11.3. The summed E-state index contributed by atoms with van der Waals surface area (Å²) in [4.78, 5) is 5.10. The van der Waals surface area contributed by atoms with Gasteiger partial charge in [-0.2, -0.15) is 0 Å². The second-order valence-corrected chi connectivity index (χ2v) is 5.29. The first kappa shape index (κ1) is 13.9. The van der Waals surface area contributed by atoms with E-state index in [1.54, 1.807) is 0 Å². The SMILES string of the molecule is CCN1CCC(N(C)CC(C)CCN)CC1. The van der Waals surface area contributed by atoms with Gasteiger partial charge in [0.1, 0.15) is 0 Å². The van der Waals surface area contributed by atoms with Crippen molar-refractivity contribution in [3.05, 3.63) is 0 Å². The van der Waals surface area contributed by atoms with E-state index in [0.29, 0.717) is 0 Å². The first-order valence-electron chi connectivity index (χ1n) is 6.80. The van der Waals surface area contributed by atoms with Gasteiger partial charge in [-0.25, -0.2) is 0 Å². The standard InChI is InChI=1S/C13H29N3/c1-4-16-9-6-13(7-10-16)15(3)11-12(2)5-8-14/h12-13H,4-11,14H2,1-3H3. The Morgan fingerprint density at radius 2 is 2.00 bits per heavy atom. The molecule has 3 nitrogen and oxygen atoms in total. The van der Waals surface area contributed by atoms with Crippen molar-refractivity contribution in [3.8, 4) is 0 Å². The molecule has 0 amide bonds. The van der Waals surface area contributed by atoms with Crippen molar-refractivity contribution in [3.63, 3.8) is 0 Å². The summed E-state index contributed by atoms with van der Waals surface area (Å²) in [5.41, 5.74) is 5.59. The molecule has 0 aromatic rings. The van der Waals surface area contributed by atoms with Crippen LogP contribution in [0.25, 0.3) is 0 Å². The van der Waals surface area contributed by atoms with Gasteiger partial charge in [-0.1, -0.05) is 13.8 Å². The summed E-state index contributed by atoms with van der Waals surface area (Å²) >= 11 is 0. The zero-order valence-electron chi connectivity index (χ0n) is 11.3. The van der Waals surface area contributed by atoms with E-state index in [0.717, 1.165) is 24.9 Å². The van der Waals surface area contributed by atoms with Gasteiger partial charge < -0.3 is 15.5 Å². The molecule has 0 aromatic heterocycles. The Balaban J connectivity index is 2.24. The molecule has 1 atom stereocenters. The van der Waals surface area contributed by atoms with Crippen LogP contribution in [0.5, 0.6) is 0 Å². The van der Waals surface area contributed by atoms with Crippen molar-refractivity contribution in [2.45, 2.75) is 39.2 Å². The van der Waals surface area contributed by atoms with Crippen molar-refractivity contribution < 1.29 is 0 Å². The lowest BCUT2D eigenvalue weighted by Crippen LogP contribution is -2.44. The third-order valence-electron chi connectivity index (χ3n) is 3.89. The third-order valence-corrected chi connectivity index (χ3v) is 3.89. The second kappa shape index (κ2) is 7.25. The molecule has 1 aliphatic rings. The normalized spacial score (nSPS) is 21.6. The number of rotatable bonds is 6. The predicted molar refractivity (Wildman–Crippen MR) is 70.6 cm³/mol. The lowest BCUT2D eigenvalue weighted by atomic mass is 10.0. The molecule has 1 aliphatic heterocycles. The predicted octanol–water partition coefficient (Wildman–Crippen LogP) is 1.39. The summed E-state index contributed by atoms with van der Waals surface area (Å²) in [6.45, 7) is 10.3. The van der Waals surface area contributed by atoms with Gasteiger partial charge in [0, 0.05) is 12.6 Å². The van der Waals surface area contributed by atoms with Gasteiger partial charge in [-0.15, -0.1) is 0 Å². The summed E-state index contributed by atoms with van der Waals surface area (Å²) in [7, 11) is 2.28. The van der Waals surface area contributed by atoms with Crippen molar-refractivity contribution in [2.24, 2.45) is 11.7 Å². The second-order valence-electron chi connectivity index (χ2n) is 5.29. The highest BCUT2D eigenvalue weighted by Gasteiger charge is 2.22. The van der Waals surface area contributed by atoms with Crippen LogP contribution in [0.3, 0.4) is 0 Å². The number of nitrogens with zero attached hydrogens (tertiary/aromatic N) is 2. The molecule has 0 saturated carbocycles. The van der Waals surface area contributed by atoms with Gasteiger partial charge in [0.2, 0.25) is 0 Å². The molecule has 1 saturated heterocycles. The van der Waals surface area contributed by atoms with Crippen LogP contribution in [-0.4, -0.2) is 55.6 Å². The van der Waals surface area contributed by atoms with Crippen molar-refractivity contribution >= 4 is 0 Å². The number of likely N-dealkylation sites (tertiary alicyclic amines) is 1. The molecule has 0 aromatic carbocycles. The van der Waals surface area contributed by atoms with E-state index in [1.165, 1.54) is 39.0 Å². The van der Waals surface area contributed by atoms with Crippen molar-refractivity contribution in [1.29, 1.82) is 0 Å². The first-order chi connectivity index (χ1) is 7.67. The maximum atomic E-state index is 5.59. The van der Waals surface area contributed by atoms with E-state index < -0.39 is 0 Å². The summed E-state index contributed by atoms with van der Waals surface area (Å²) < 4.78 is 0. The van der Waals surface area contributed by atoms with Gasteiger partial charge >= 0.3 is 0 Å². The van der Waals surface area contributed by atoms with Crippen LogP contribution >= 0.6 is 0 Å². The topological polar surface area (TPSA) is 32.5 Å². The number of hydrogen-bond donors (Lipinski definition) is 1. The van der Waals surface area contributed by atoms with E-state index in [2.05, 4.69) is 30.7 Å². The molecule has 1 unspecified atom stereocenters. The molecule has 0 radical (unpaired) electrons. The van der Waals surface area contributed by atoms with E-state index in [9.17, 15) is 0 Å². The average molecular weight is 227 g/mol.